The first-order chi connectivity index (χ1) is 15.7. The molecular weight excluding hydrogens is 528 g/mol. The molecule has 12 heteroatoms. The van der Waals surface area contributed by atoms with Crippen LogP contribution in [-0.2, 0) is 11.3 Å². The van der Waals surface area contributed by atoms with E-state index in [2.05, 4.69) is 20.8 Å². The summed E-state index contributed by atoms with van der Waals surface area (Å²) in [5, 5.41) is 16.0. The zero-order chi connectivity index (χ0) is 24.1. The number of hydrogen-bond acceptors (Lipinski definition) is 5. The number of carbonyl (C=O) groups excluding carboxylic acids is 2. The maximum atomic E-state index is 12.5. The topological polar surface area (TPSA) is 88.9 Å². The average Bonchev–Trinajstić information content (AvgIpc) is 3.19. The van der Waals surface area contributed by atoms with Crippen LogP contribution in [0.25, 0.3) is 0 Å². The quantitative estimate of drug-likeness (QED) is 0.262. The van der Waals surface area contributed by atoms with Gasteiger partial charge in [-0.05, 0) is 50.2 Å². The second-order valence-corrected chi connectivity index (χ2v) is 9.47. The van der Waals surface area contributed by atoms with Gasteiger partial charge in [0.15, 0.2) is 11.0 Å². The lowest BCUT2D eigenvalue weighted by molar-refractivity contribution is -0.113. The minimum absolute atomic E-state index is 0.0697. The molecular formula is C21H19Cl4N5O2S. The molecule has 0 aliphatic rings. The lowest BCUT2D eigenvalue weighted by Gasteiger charge is -2.15. The van der Waals surface area contributed by atoms with Crippen LogP contribution in [0, 0.1) is 0 Å². The predicted molar refractivity (Wildman–Crippen MR) is 134 cm³/mol. The van der Waals surface area contributed by atoms with E-state index in [0.29, 0.717) is 38.8 Å². The molecule has 2 N–H and O–H groups in total. The number of rotatable bonds is 8. The van der Waals surface area contributed by atoms with Crippen LogP contribution in [0.4, 0.5) is 5.69 Å². The van der Waals surface area contributed by atoms with E-state index in [1.54, 1.807) is 24.3 Å². The van der Waals surface area contributed by atoms with Crippen molar-refractivity contribution in [3.8, 4) is 0 Å². The number of amides is 2. The van der Waals surface area contributed by atoms with Crippen LogP contribution in [0.15, 0.2) is 41.6 Å². The molecule has 0 saturated heterocycles. The lowest BCUT2D eigenvalue weighted by atomic mass is 10.2. The molecule has 174 valence electrons. The van der Waals surface area contributed by atoms with E-state index in [-0.39, 0.29) is 27.6 Å². The zero-order valence-corrected chi connectivity index (χ0v) is 21.4. The summed E-state index contributed by atoms with van der Waals surface area (Å²) < 4.78 is 1.84. The molecule has 1 heterocycles. The smallest absolute Gasteiger partial charge is 0.251 e. The Kier molecular flexibility index (Phi) is 8.89. The molecule has 1 atom stereocenters. The highest BCUT2D eigenvalue weighted by Gasteiger charge is 2.20. The lowest BCUT2D eigenvalue weighted by Crippen LogP contribution is -2.28. The standard InChI is InChI=1S/C21H19Cl4N5O2S/c1-3-30-19(11(2)26-20(32)12-4-6-13(22)7-5-12)28-29-21(30)33-10-18(31)27-17-9-15(24)14(23)8-16(17)25/h4-9,11H,3,10H2,1-2H3,(H,26,32)(H,27,31)/t11-/m1/s1. The molecule has 2 aromatic carbocycles. The molecule has 0 saturated carbocycles. The van der Waals surface area contributed by atoms with E-state index in [1.165, 1.54) is 23.9 Å². The first-order valence-corrected chi connectivity index (χ1v) is 12.3. The van der Waals surface area contributed by atoms with Gasteiger partial charge in [-0.3, -0.25) is 9.59 Å². The number of nitrogens with zero attached hydrogens (tertiary/aromatic N) is 3. The monoisotopic (exact) mass is 545 g/mol. The van der Waals surface area contributed by atoms with Crippen molar-refractivity contribution in [2.75, 3.05) is 11.1 Å². The van der Waals surface area contributed by atoms with Gasteiger partial charge in [-0.1, -0.05) is 58.2 Å². The fourth-order valence-electron chi connectivity index (χ4n) is 2.90. The summed E-state index contributed by atoms with van der Waals surface area (Å²) in [7, 11) is 0. The summed E-state index contributed by atoms with van der Waals surface area (Å²) in [5.41, 5.74) is 0.855. The molecule has 0 aliphatic heterocycles. The molecule has 0 bridgehead atoms. The summed E-state index contributed by atoms with van der Waals surface area (Å²) in [6.07, 6.45) is 0. The normalized spacial score (nSPS) is 11.8. The molecule has 0 spiro atoms. The van der Waals surface area contributed by atoms with Crippen LogP contribution in [0.3, 0.4) is 0 Å². The van der Waals surface area contributed by atoms with Crippen LogP contribution in [0.2, 0.25) is 20.1 Å². The second-order valence-electron chi connectivity index (χ2n) is 6.87. The molecule has 3 aromatic rings. The molecule has 7 nitrogen and oxygen atoms in total. The molecule has 0 unspecified atom stereocenters. The molecule has 33 heavy (non-hydrogen) atoms. The van der Waals surface area contributed by atoms with Crippen molar-refractivity contribution in [2.24, 2.45) is 0 Å². The van der Waals surface area contributed by atoms with Gasteiger partial charge in [0, 0.05) is 17.1 Å². The van der Waals surface area contributed by atoms with Crippen LogP contribution in [-0.4, -0.2) is 32.3 Å². The van der Waals surface area contributed by atoms with Crippen LogP contribution < -0.4 is 10.6 Å². The maximum Gasteiger partial charge on any atom is 0.251 e. The van der Waals surface area contributed by atoms with E-state index < -0.39 is 6.04 Å². The first kappa shape index (κ1) is 25.6. The Hall–Kier alpha value is -1.97. The fraction of sp³-hybridized carbons (Fsp3) is 0.238. The van der Waals surface area contributed by atoms with Gasteiger partial charge < -0.3 is 15.2 Å². The number of halogens is 4. The third-order valence-corrected chi connectivity index (χ3v) is 6.77. The Balaban J connectivity index is 1.64. The van der Waals surface area contributed by atoms with E-state index in [0.717, 1.165) is 0 Å². The Labute approximate surface area is 215 Å². The molecule has 1 aromatic heterocycles. The maximum absolute atomic E-state index is 12.5. The summed E-state index contributed by atoms with van der Waals surface area (Å²) in [5.74, 6) is 0.101. The van der Waals surface area contributed by atoms with Gasteiger partial charge in [-0.25, -0.2) is 0 Å². The van der Waals surface area contributed by atoms with Crippen molar-refractivity contribution < 1.29 is 9.59 Å². The van der Waals surface area contributed by atoms with E-state index >= 15 is 0 Å². The molecule has 0 aliphatic carbocycles. The van der Waals surface area contributed by atoms with Gasteiger partial charge in [0.2, 0.25) is 5.91 Å². The largest absolute Gasteiger partial charge is 0.342 e. The number of anilines is 1. The Morgan fingerprint density at radius 2 is 1.70 bits per heavy atom. The summed E-state index contributed by atoms with van der Waals surface area (Å²) in [4.78, 5) is 24.9. The van der Waals surface area contributed by atoms with Crippen molar-refractivity contribution in [2.45, 2.75) is 31.6 Å². The van der Waals surface area contributed by atoms with Gasteiger partial charge in [-0.2, -0.15) is 0 Å². The van der Waals surface area contributed by atoms with Gasteiger partial charge in [0.25, 0.3) is 5.91 Å². The van der Waals surface area contributed by atoms with Gasteiger partial charge >= 0.3 is 0 Å². The number of thioether (sulfide) groups is 1. The van der Waals surface area contributed by atoms with Crippen LogP contribution in [0.1, 0.15) is 36.1 Å². The van der Waals surface area contributed by atoms with Crippen LogP contribution >= 0.6 is 58.2 Å². The number of carbonyl (C=O) groups is 2. The number of hydrogen-bond donors (Lipinski definition) is 2. The molecule has 0 fully saturated rings. The van der Waals surface area contributed by atoms with E-state index in [9.17, 15) is 9.59 Å². The van der Waals surface area contributed by atoms with Crippen molar-refractivity contribution in [1.29, 1.82) is 0 Å². The van der Waals surface area contributed by atoms with E-state index in [1.807, 2.05) is 18.4 Å². The number of nitrogens with one attached hydrogen (secondary N) is 2. The summed E-state index contributed by atoms with van der Waals surface area (Å²) >= 11 is 25.1. The number of benzene rings is 2. The second kappa shape index (κ2) is 11.4. The fourth-order valence-corrected chi connectivity index (χ4v) is 4.43. The van der Waals surface area contributed by atoms with Crippen molar-refractivity contribution in [3.05, 3.63) is 67.9 Å². The first-order valence-electron chi connectivity index (χ1n) is 9.76. The van der Waals surface area contributed by atoms with Gasteiger partial charge in [-0.15, -0.1) is 10.2 Å². The molecule has 0 radical (unpaired) electrons. The SMILES string of the molecule is CCn1c(SCC(=O)Nc2cc(Cl)c(Cl)cc2Cl)nnc1[C@@H](C)NC(=O)c1ccc(Cl)cc1. The molecule has 2 amide bonds. The highest BCUT2D eigenvalue weighted by atomic mass is 35.5. The summed E-state index contributed by atoms with van der Waals surface area (Å²) in [6.45, 7) is 4.31. The number of aromatic nitrogens is 3. The van der Waals surface area contributed by atoms with Crippen molar-refractivity contribution >= 4 is 75.7 Å². The summed E-state index contributed by atoms with van der Waals surface area (Å²) in [6, 6.07) is 9.16. The average molecular weight is 547 g/mol. The third-order valence-electron chi connectivity index (χ3n) is 4.52. The Morgan fingerprint density at radius 3 is 2.36 bits per heavy atom. The van der Waals surface area contributed by atoms with Crippen molar-refractivity contribution in [3.63, 3.8) is 0 Å². The van der Waals surface area contributed by atoms with Crippen LogP contribution in [0.5, 0.6) is 0 Å². The predicted octanol–water partition coefficient (Wildman–Crippen LogP) is 6.13. The van der Waals surface area contributed by atoms with Crippen molar-refractivity contribution in [1.82, 2.24) is 20.1 Å². The third kappa shape index (κ3) is 6.55. The van der Waals surface area contributed by atoms with Gasteiger partial charge in [0.1, 0.15) is 0 Å². The Bertz CT molecular complexity index is 1170. The minimum atomic E-state index is -0.404. The minimum Gasteiger partial charge on any atom is -0.342 e. The molecule has 3 rings (SSSR count). The van der Waals surface area contributed by atoms with Gasteiger partial charge in [0.05, 0.1) is 32.5 Å². The van der Waals surface area contributed by atoms with E-state index in [4.69, 9.17) is 46.4 Å². The Morgan fingerprint density at radius 1 is 1.03 bits per heavy atom. The highest BCUT2D eigenvalue weighted by molar-refractivity contribution is 7.99. The highest BCUT2D eigenvalue weighted by Crippen LogP contribution is 2.32. The zero-order valence-electron chi connectivity index (χ0n) is 17.5.